The Hall–Kier alpha value is -2.20. The minimum atomic E-state index is -1.63. The Morgan fingerprint density at radius 3 is 1.68 bits per heavy atom. The topological polar surface area (TPSA) is 63.4 Å². The molecule has 1 N–H and O–H groups in total. The van der Waals surface area contributed by atoms with Gasteiger partial charge in [0.25, 0.3) is 0 Å². The molecule has 0 saturated carbocycles. The average molecular weight is 257 g/mol. The van der Waals surface area contributed by atoms with Gasteiger partial charge in [-0.25, -0.2) is 0 Å². The molecule has 2 rings (SSSR count). The fraction of sp³-hybridized carbons (Fsp3) is 0.200. The summed E-state index contributed by atoms with van der Waals surface area (Å²) in [6, 6.07) is 16.3. The van der Waals surface area contributed by atoms with Gasteiger partial charge in [0.05, 0.1) is 0 Å². The van der Waals surface area contributed by atoms with Crippen molar-refractivity contribution in [3.8, 4) is 0 Å². The number of nitrogens with zero attached hydrogens (tertiary/aromatic N) is 1. The Morgan fingerprint density at radius 1 is 1.00 bits per heavy atom. The summed E-state index contributed by atoms with van der Waals surface area (Å²) in [4.78, 5) is 10.7. The van der Waals surface area contributed by atoms with Crippen LogP contribution < -0.4 is 0 Å². The van der Waals surface area contributed by atoms with E-state index in [4.69, 9.17) is 0 Å². The summed E-state index contributed by atoms with van der Waals surface area (Å²) in [6.07, 6.45) is 0. The van der Waals surface area contributed by atoms with Gasteiger partial charge in [-0.2, -0.15) is 0 Å². The van der Waals surface area contributed by atoms with E-state index in [0.717, 1.165) is 0 Å². The first-order valence-electron chi connectivity index (χ1n) is 6.03. The second-order valence-corrected chi connectivity index (χ2v) is 4.46. The van der Waals surface area contributed by atoms with E-state index in [1.165, 1.54) is 6.92 Å². The van der Waals surface area contributed by atoms with Gasteiger partial charge < -0.3 is 5.11 Å². The zero-order valence-corrected chi connectivity index (χ0v) is 10.6. The molecule has 2 aromatic carbocycles. The van der Waals surface area contributed by atoms with Gasteiger partial charge >= 0.3 is 0 Å². The van der Waals surface area contributed by atoms with Crippen LogP contribution >= 0.6 is 0 Å². The molecule has 0 heterocycles. The molecule has 0 aliphatic carbocycles. The summed E-state index contributed by atoms with van der Waals surface area (Å²) < 4.78 is 0. The van der Waals surface area contributed by atoms with Crippen LogP contribution in [0, 0.1) is 10.1 Å². The van der Waals surface area contributed by atoms with Gasteiger partial charge in [0.15, 0.2) is 5.60 Å². The van der Waals surface area contributed by atoms with E-state index in [1.54, 1.807) is 48.5 Å². The van der Waals surface area contributed by atoms with Crippen LogP contribution in [0.25, 0.3) is 0 Å². The molecular formula is C15H15NO3. The Morgan fingerprint density at radius 2 is 1.37 bits per heavy atom. The molecule has 0 bridgehead atoms. The summed E-state index contributed by atoms with van der Waals surface area (Å²) >= 11 is 0. The van der Waals surface area contributed by atoms with Crippen LogP contribution in [0.4, 0.5) is 0 Å². The Kier molecular flexibility index (Phi) is 3.62. The van der Waals surface area contributed by atoms with Gasteiger partial charge in [0.2, 0.25) is 6.04 Å². The quantitative estimate of drug-likeness (QED) is 0.676. The van der Waals surface area contributed by atoms with Crippen molar-refractivity contribution in [1.29, 1.82) is 0 Å². The minimum Gasteiger partial charge on any atom is -0.374 e. The van der Waals surface area contributed by atoms with Crippen molar-refractivity contribution in [2.24, 2.45) is 0 Å². The minimum absolute atomic E-state index is 0.458. The number of benzene rings is 2. The molecule has 2 aromatic rings. The normalized spacial score (nSPS) is 12.9. The van der Waals surface area contributed by atoms with Crippen molar-refractivity contribution in [2.45, 2.75) is 18.6 Å². The van der Waals surface area contributed by atoms with E-state index in [9.17, 15) is 15.2 Å². The van der Waals surface area contributed by atoms with E-state index in [1.807, 2.05) is 12.1 Å². The maximum Gasteiger partial charge on any atom is 0.246 e. The molecule has 1 atom stereocenters. The predicted molar refractivity (Wildman–Crippen MR) is 72.3 cm³/mol. The molecule has 0 saturated heterocycles. The molecular weight excluding hydrogens is 242 g/mol. The van der Waals surface area contributed by atoms with Gasteiger partial charge in [-0.05, 0) is 11.1 Å². The number of nitro groups is 1. The summed E-state index contributed by atoms with van der Waals surface area (Å²) in [5.74, 6) is 0. The molecule has 0 aromatic heterocycles. The van der Waals surface area contributed by atoms with Crippen LogP contribution in [0.5, 0.6) is 0 Å². The first-order valence-corrected chi connectivity index (χ1v) is 6.03. The monoisotopic (exact) mass is 257 g/mol. The molecule has 0 fully saturated rings. The highest BCUT2D eigenvalue weighted by atomic mass is 16.6. The maximum atomic E-state index is 11.1. The molecule has 0 aliphatic heterocycles. The number of hydrogen-bond donors (Lipinski definition) is 1. The third kappa shape index (κ3) is 2.35. The summed E-state index contributed by atoms with van der Waals surface area (Å²) in [5, 5.41) is 22.1. The molecule has 1 unspecified atom stereocenters. The third-order valence-corrected chi connectivity index (χ3v) is 3.35. The van der Waals surface area contributed by atoms with Crippen molar-refractivity contribution >= 4 is 0 Å². The van der Waals surface area contributed by atoms with Crippen LogP contribution in [0.3, 0.4) is 0 Å². The highest BCUT2D eigenvalue weighted by molar-refractivity contribution is 5.37. The Bertz CT molecular complexity index is 515. The molecule has 0 spiro atoms. The Balaban J connectivity index is 2.61. The fourth-order valence-electron chi connectivity index (χ4n) is 2.19. The average Bonchev–Trinajstić information content (AvgIpc) is 2.47. The summed E-state index contributed by atoms with van der Waals surface area (Å²) in [5.41, 5.74) is -0.595. The van der Waals surface area contributed by atoms with Crippen molar-refractivity contribution < 1.29 is 10.0 Å². The van der Waals surface area contributed by atoms with Gasteiger partial charge in [-0.15, -0.1) is 0 Å². The first kappa shape index (κ1) is 13.2. The lowest BCUT2D eigenvalue weighted by Crippen LogP contribution is -2.43. The highest BCUT2D eigenvalue weighted by Crippen LogP contribution is 2.34. The zero-order chi connectivity index (χ0) is 13.9. The largest absolute Gasteiger partial charge is 0.374 e. The van der Waals surface area contributed by atoms with E-state index < -0.39 is 16.6 Å². The van der Waals surface area contributed by atoms with E-state index in [-0.39, 0.29) is 0 Å². The van der Waals surface area contributed by atoms with Crippen LogP contribution in [-0.4, -0.2) is 16.1 Å². The van der Waals surface area contributed by atoms with E-state index in [2.05, 4.69) is 0 Å². The number of rotatable bonds is 4. The van der Waals surface area contributed by atoms with Gasteiger partial charge in [-0.3, -0.25) is 10.1 Å². The fourth-order valence-corrected chi connectivity index (χ4v) is 2.19. The number of hydrogen-bond acceptors (Lipinski definition) is 3. The lowest BCUT2D eigenvalue weighted by Gasteiger charge is -2.29. The SMILES string of the molecule is CC([N+](=O)[O-])C(O)(c1ccccc1)c1ccccc1. The van der Waals surface area contributed by atoms with Crippen molar-refractivity contribution in [1.82, 2.24) is 0 Å². The maximum absolute atomic E-state index is 11.1. The van der Waals surface area contributed by atoms with Crippen molar-refractivity contribution in [2.75, 3.05) is 0 Å². The van der Waals surface area contributed by atoms with Crippen LogP contribution in [0.15, 0.2) is 60.7 Å². The van der Waals surface area contributed by atoms with Crippen LogP contribution in [-0.2, 0) is 5.60 Å². The smallest absolute Gasteiger partial charge is 0.246 e. The van der Waals surface area contributed by atoms with Crippen LogP contribution in [0.1, 0.15) is 18.1 Å². The van der Waals surface area contributed by atoms with Gasteiger partial charge in [0, 0.05) is 11.8 Å². The second-order valence-electron chi connectivity index (χ2n) is 4.46. The molecule has 4 heteroatoms. The highest BCUT2D eigenvalue weighted by Gasteiger charge is 2.45. The zero-order valence-electron chi connectivity index (χ0n) is 10.6. The molecule has 0 radical (unpaired) electrons. The molecule has 98 valence electrons. The van der Waals surface area contributed by atoms with E-state index >= 15 is 0 Å². The lowest BCUT2D eigenvalue weighted by molar-refractivity contribution is -0.540. The molecule has 0 amide bonds. The first-order chi connectivity index (χ1) is 9.06. The molecule has 19 heavy (non-hydrogen) atoms. The second kappa shape index (κ2) is 5.20. The van der Waals surface area contributed by atoms with Crippen LogP contribution in [0.2, 0.25) is 0 Å². The summed E-state index contributed by atoms with van der Waals surface area (Å²) in [7, 11) is 0. The van der Waals surface area contributed by atoms with E-state index in [0.29, 0.717) is 11.1 Å². The lowest BCUT2D eigenvalue weighted by atomic mass is 9.81. The molecule has 0 aliphatic rings. The van der Waals surface area contributed by atoms with Gasteiger partial charge in [-0.1, -0.05) is 60.7 Å². The summed E-state index contributed by atoms with van der Waals surface area (Å²) in [6.45, 7) is 1.42. The number of aliphatic hydroxyl groups is 1. The predicted octanol–water partition coefficient (Wildman–Crippen LogP) is 2.59. The van der Waals surface area contributed by atoms with Crippen molar-refractivity contribution in [3.05, 3.63) is 81.9 Å². The standard InChI is InChI=1S/C15H15NO3/c1-12(16(18)19)15(17,13-8-4-2-5-9-13)14-10-6-3-7-11-14/h2-12,17H,1H3. The van der Waals surface area contributed by atoms with Crippen molar-refractivity contribution in [3.63, 3.8) is 0 Å². The third-order valence-electron chi connectivity index (χ3n) is 3.35. The molecule has 4 nitrogen and oxygen atoms in total. The Labute approximate surface area is 111 Å². The van der Waals surface area contributed by atoms with Gasteiger partial charge in [0.1, 0.15) is 0 Å².